The molecule has 0 spiro atoms. The number of Topliss-reactive ketones (excluding diaryl/α,β-unsaturated/α-hetero) is 1. The fourth-order valence-electron chi connectivity index (χ4n) is 2.49. The number of fused-ring (bicyclic) bond motifs is 1. The molecule has 2 aliphatic heterocycles. The van der Waals surface area contributed by atoms with E-state index in [-0.39, 0.29) is 18.2 Å². The SMILES string of the molecule is O=C1CC(COC2CCCCO2)Oc2ccccc21. The predicted octanol–water partition coefficient (Wildman–Crippen LogP) is 2.56. The predicted molar refractivity (Wildman–Crippen MR) is 69.3 cm³/mol. The van der Waals surface area contributed by atoms with Gasteiger partial charge in [-0.2, -0.15) is 0 Å². The molecule has 4 heteroatoms. The third kappa shape index (κ3) is 2.96. The molecule has 0 aliphatic carbocycles. The maximum Gasteiger partial charge on any atom is 0.170 e. The first-order chi connectivity index (χ1) is 9.33. The molecule has 3 rings (SSSR count). The van der Waals surface area contributed by atoms with Gasteiger partial charge in [0.2, 0.25) is 0 Å². The third-order valence-electron chi connectivity index (χ3n) is 3.50. The minimum Gasteiger partial charge on any atom is -0.487 e. The van der Waals surface area contributed by atoms with E-state index in [1.807, 2.05) is 18.2 Å². The van der Waals surface area contributed by atoms with Crippen LogP contribution in [0.25, 0.3) is 0 Å². The van der Waals surface area contributed by atoms with E-state index in [0.717, 1.165) is 25.9 Å². The van der Waals surface area contributed by atoms with Crippen molar-refractivity contribution in [1.82, 2.24) is 0 Å². The van der Waals surface area contributed by atoms with Gasteiger partial charge in [-0.05, 0) is 31.4 Å². The van der Waals surface area contributed by atoms with Crippen LogP contribution in [0, 0.1) is 0 Å². The molecule has 0 aromatic heterocycles. The number of ketones is 1. The standard InChI is InChI=1S/C15H18O4/c16-13-9-11(10-18-15-7-3-4-8-17-15)19-14-6-2-1-5-12(13)14/h1-2,5-6,11,15H,3-4,7-10H2. The zero-order valence-corrected chi connectivity index (χ0v) is 10.8. The maximum absolute atomic E-state index is 12.0. The van der Waals surface area contributed by atoms with Gasteiger partial charge in [0, 0.05) is 6.61 Å². The summed E-state index contributed by atoms with van der Waals surface area (Å²) < 4.78 is 17.0. The largest absolute Gasteiger partial charge is 0.487 e. The molecule has 1 saturated heterocycles. The molecule has 1 aromatic carbocycles. The highest BCUT2D eigenvalue weighted by Gasteiger charge is 2.27. The third-order valence-corrected chi connectivity index (χ3v) is 3.50. The number of benzene rings is 1. The Morgan fingerprint density at radius 2 is 2.16 bits per heavy atom. The molecule has 1 aromatic rings. The molecule has 2 aliphatic rings. The molecular weight excluding hydrogens is 244 g/mol. The van der Waals surface area contributed by atoms with Gasteiger partial charge in [-0.3, -0.25) is 4.79 Å². The summed E-state index contributed by atoms with van der Waals surface area (Å²) in [6, 6.07) is 7.36. The Kier molecular flexibility index (Phi) is 3.80. The van der Waals surface area contributed by atoms with Crippen molar-refractivity contribution in [2.75, 3.05) is 13.2 Å². The van der Waals surface area contributed by atoms with Crippen molar-refractivity contribution in [3.05, 3.63) is 29.8 Å². The van der Waals surface area contributed by atoms with E-state index in [1.54, 1.807) is 6.07 Å². The number of carbonyl (C=O) groups is 1. The van der Waals surface area contributed by atoms with Crippen LogP contribution in [0.4, 0.5) is 0 Å². The summed E-state index contributed by atoms with van der Waals surface area (Å²) >= 11 is 0. The normalized spacial score (nSPS) is 26.6. The van der Waals surface area contributed by atoms with E-state index in [9.17, 15) is 4.79 Å². The highest BCUT2D eigenvalue weighted by molar-refractivity contribution is 5.99. The van der Waals surface area contributed by atoms with Gasteiger partial charge in [0.1, 0.15) is 11.9 Å². The number of carbonyl (C=O) groups excluding carboxylic acids is 1. The number of rotatable bonds is 3. The quantitative estimate of drug-likeness (QED) is 0.839. The van der Waals surface area contributed by atoms with E-state index in [1.165, 1.54) is 0 Å². The maximum atomic E-state index is 12.0. The van der Waals surface area contributed by atoms with E-state index in [0.29, 0.717) is 24.3 Å². The second-order valence-electron chi connectivity index (χ2n) is 4.99. The summed E-state index contributed by atoms with van der Waals surface area (Å²) in [5, 5.41) is 0. The van der Waals surface area contributed by atoms with Crippen LogP contribution in [0.5, 0.6) is 5.75 Å². The highest BCUT2D eigenvalue weighted by atomic mass is 16.7. The van der Waals surface area contributed by atoms with Crippen LogP contribution in [0.15, 0.2) is 24.3 Å². The Morgan fingerprint density at radius 1 is 1.26 bits per heavy atom. The van der Waals surface area contributed by atoms with E-state index < -0.39 is 0 Å². The number of hydrogen-bond donors (Lipinski definition) is 0. The van der Waals surface area contributed by atoms with Crippen LogP contribution < -0.4 is 4.74 Å². The van der Waals surface area contributed by atoms with Crippen LogP contribution in [-0.4, -0.2) is 31.4 Å². The van der Waals surface area contributed by atoms with Crippen LogP contribution in [-0.2, 0) is 9.47 Å². The number of para-hydroxylation sites is 1. The summed E-state index contributed by atoms with van der Waals surface area (Å²) in [7, 11) is 0. The van der Waals surface area contributed by atoms with Gasteiger partial charge in [0.25, 0.3) is 0 Å². The summed E-state index contributed by atoms with van der Waals surface area (Å²) in [4.78, 5) is 12.0. The van der Waals surface area contributed by atoms with Crippen molar-refractivity contribution >= 4 is 5.78 Å². The molecule has 0 bridgehead atoms. The first kappa shape index (κ1) is 12.6. The molecule has 0 N–H and O–H groups in total. The van der Waals surface area contributed by atoms with E-state index in [2.05, 4.69) is 0 Å². The molecule has 2 heterocycles. The molecule has 4 nitrogen and oxygen atoms in total. The molecule has 19 heavy (non-hydrogen) atoms. The van der Waals surface area contributed by atoms with Crippen molar-refractivity contribution in [3.63, 3.8) is 0 Å². The van der Waals surface area contributed by atoms with Gasteiger partial charge in [-0.1, -0.05) is 12.1 Å². The second-order valence-corrected chi connectivity index (χ2v) is 4.99. The van der Waals surface area contributed by atoms with Crippen molar-refractivity contribution < 1.29 is 19.0 Å². The lowest BCUT2D eigenvalue weighted by Gasteiger charge is -2.28. The van der Waals surface area contributed by atoms with Gasteiger partial charge in [0.05, 0.1) is 18.6 Å². The van der Waals surface area contributed by atoms with Gasteiger partial charge < -0.3 is 14.2 Å². The van der Waals surface area contributed by atoms with Gasteiger partial charge in [-0.15, -0.1) is 0 Å². The molecule has 2 atom stereocenters. The molecule has 0 amide bonds. The number of ether oxygens (including phenoxy) is 3. The van der Waals surface area contributed by atoms with Crippen LogP contribution in [0.2, 0.25) is 0 Å². The second kappa shape index (κ2) is 5.72. The molecule has 0 saturated carbocycles. The van der Waals surface area contributed by atoms with Crippen LogP contribution in [0.3, 0.4) is 0 Å². The minimum atomic E-state index is -0.201. The first-order valence-electron chi connectivity index (χ1n) is 6.85. The van der Waals surface area contributed by atoms with E-state index in [4.69, 9.17) is 14.2 Å². The fraction of sp³-hybridized carbons (Fsp3) is 0.533. The van der Waals surface area contributed by atoms with Gasteiger partial charge in [-0.25, -0.2) is 0 Å². The molecule has 2 unspecified atom stereocenters. The van der Waals surface area contributed by atoms with Crippen molar-refractivity contribution in [2.45, 2.75) is 38.1 Å². The van der Waals surface area contributed by atoms with Crippen LogP contribution in [0.1, 0.15) is 36.0 Å². The van der Waals surface area contributed by atoms with Crippen molar-refractivity contribution in [3.8, 4) is 5.75 Å². The fourth-order valence-corrected chi connectivity index (χ4v) is 2.49. The van der Waals surface area contributed by atoms with E-state index >= 15 is 0 Å². The molecule has 0 radical (unpaired) electrons. The summed E-state index contributed by atoms with van der Waals surface area (Å²) in [5.74, 6) is 0.789. The Balaban J connectivity index is 1.57. The zero-order valence-electron chi connectivity index (χ0n) is 10.8. The summed E-state index contributed by atoms with van der Waals surface area (Å²) in [6.07, 6.45) is 3.21. The lowest BCUT2D eigenvalue weighted by Crippen LogP contribution is -2.34. The Hall–Kier alpha value is -1.39. The molecule has 1 fully saturated rings. The Morgan fingerprint density at radius 3 is 3.00 bits per heavy atom. The summed E-state index contributed by atoms with van der Waals surface area (Å²) in [5.41, 5.74) is 0.674. The first-order valence-corrected chi connectivity index (χ1v) is 6.85. The Bertz CT molecular complexity index is 451. The van der Waals surface area contributed by atoms with Crippen molar-refractivity contribution in [2.24, 2.45) is 0 Å². The van der Waals surface area contributed by atoms with Gasteiger partial charge in [0.15, 0.2) is 12.1 Å². The smallest absolute Gasteiger partial charge is 0.170 e. The van der Waals surface area contributed by atoms with Gasteiger partial charge >= 0.3 is 0 Å². The average Bonchev–Trinajstić information content (AvgIpc) is 2.46. The van der Waals surface area contributed by atoms with Crippen LogP contribution >= 0.6 is 0 Å². The lowest BCUT2D eigenvalue weighted by atomic mass is 10.0. The average molecular weight is 262 g/mol. The molecular formula is C15H18O4. The molecule has 102 valence electrons. The minimum absolute atomic E-state index is 0.125. The summed E-state index contributed by atoms with van der Waals surface area (Å²) in [6.45, 7) is 1.17. The highest BCUT2D eigenvalue weighted by Crippen LogP contribution is 2.27. The zero-order chi connectivity index (χ0) is 13.1. The number of hydrogen-bond acceptors (Lipinski definition) is 4. The van der Waals surface area contributed by atoms with Crippen molar-refractivity contribution in [1.29, 1.82) is 0 Å². The monoisotopic (exact) mass is 262 g/mol. The topological polar surface area (TPSA) is 44.8 Å². The lowest BCUT2D eigenvalue weighted by molar-refractivity contribution is -0.173. The Labute approximate surface area is 112 Å².